The highest BCUT2D eigenvalue weighted by molar-refractivity contribution is 5.76. The summed E-state index contributed by atoms with van der Waals surface area (Å²) in [7, 11) is 0. The van der Waals surface area contributed by atoms with Gasteiger partial charge in [0.05, 0.1) is 0 Å². The fraction of sp³-hybridized carbons (Fsp3) is 0.941. The predicted molar refractivity (Wildman–Crippen MR) is 80.0 cm³/mol. The molecule has 110 valence electrons. The minimum atomic E-state index is 0.291. The highest BCUT2D eigenvalue weighted by atomic mass is 16.1. The van der Waals surface area contributed by atoms with E-state index in [1.165, 1.54) is 57.8 Å². The molecule has 1 saturated carbocycles. The lowest BCUT2D eigenvalue weighted by atomic mass is 10.0. The Bertz CT molecular complexity index is 276. The van der Waals surface area contributed by atoms with Gasteiger partial charge in [-0.1, -0.05) is 51.9 Å². The number of hydrogen-bond acceptors (Lipinski definition) is 1. The number of amides is 1. The Labute approximate surface area is 118 Å². The Morgan fingerprint density at radius 2 is 1.63 bits per heavy atom. The Morgan fingerprint density at radius 3 is 2.37 bits per heavy atom. The molecule has 2 nitrogen and oxygen atoms in total. The first-order valence-corrected chi connectivity index (χ1v) is 8.59. The monoisotopic (exact) mass is 265 g/mol. The van der Waals surface area contributed by atoms with E-state index in [2.05, 4.69) is 12.2 Å². The Hall–Kier alpha value is -0.530. The van der Waals surface area contributed by atoms with Crippen LogP contribution in [0.3, 0.4) is 0 Å². The molecule has 0 radical (unpaired) electrons. The second-order valence-corrected chi connectivity index (χ2v) is 6.68. The maximum atomic E-state index is 11.9. The molecule has 0 aromatic heterocycles. The van der Waals surface area contributed by atoms with E-state index in [0.29, 0.717) is 11.9 Å². The molecule has 2 fully saturated rings. The van der Waals surface area contributed by atoms with Crippen LogP contribution in [0.4, 0.5) is 0 Å². The molecule has 1 saturated heterocycles. The predicted octanol–water partition coefficient (Wildman–Crippen LogP) is 4.43. The van der Waals surface area contributed by atoms with E-state index in [4.69, 9.17) is 0 Å². The van der Waals surface area contributed by atoms with E-state index >= 15 is 0 Å². The summed E-state index contributed by atoms with van der Waals surface area (Å²) in [6.07, 6.45) is 15.2. The van der Waals surface area contributed by atoms with E-state index in [1.54, 1.807) is 0 Å². The van der Waals surface area contributed by atoms with Crippen LogP contribution in [-0.4, -0.2) is 11.9 Å². The summed E-state index contributed by atoms with van der Waals surface area (Å²) in [6.45, 7) is 2.20. The molecule has 2 aliphatic rings. The smallest absolute Gasteiger partial charge is 0.220 e. The SMILES string of the molecule is CCC1CC2CC2CCCCCCCCCC(=O)N1. The largest absolute Gasteiger partial charge is 0.353 e. The maximum Gasteiger partial charge on any atom is 0.220 e. The molecule has 3 unspecified atom stereocenters. The normalized spacial score (nSPS) is 34.6. The minimum absolute atomic E-state index is 0.291. The van der Waals surface area contributed by atoms with Crippen molar-refractivity contribution in [3.8, 4) is 0 Å². The Balaban J connectivity index is 1.79. The highest BCUT2D eigenvalue weighted by Gasteiger charge is 2.37. The summed E-state index contributed by atoms with van der Waals surface area (Å²) in [5.41, 5.74) is 0. The van der Waals surface area contributed by atoms with Gasteiger partial charge in [0, 0.05) is 12.5 Å². The van der Waals surface area contributed by atoms with Crippen molar-refractivity contribution < 1.29 is 4.79 Å². The van der Waals surface area contributed by atoms with Crippen LogP contribution in [0.2, 0.25) is 0 Å². The van der Waals surface area contributed by atoms with Crippen molar-refractivity contribution in [2.45, 2.75) is 90.0 Å². The number of hydrogen-bond donors (Lipinski definition) is 1. The van der Waals surface area contributed by atoms with Crippen LogP contribution >= 0.6 is 0 Å². The first kappa shape index (κ1) is 14.9. The molecule has 0 spiro atoms. The van der Waals surface area contributed by atoms with Gasteiger partial charge in [0.25, 0.3) is 0 Å². The molecule has 19 heavy (non-hydrogen) atoms. The van der Waals surface area contributed by atoms with E-state index in [9.17, 15) is 4.79 Å². The van der Waals surface area contributed by atoms with Crippen molar-refractivity contribution in [2.75, 3.05) is 0 Å². The van der Waals surface area contributed by atoms with Crippen LogP contribution in [0.1, 0.15) is 84.0 Å². The molecule has 1 amide bonds. The molecule has 1 heterocycles. The molecule has 0 aromatic carbocycles. The van der Waals surface area contributed by atoms with Crippen LogP contribution in [0, 0.1) is 11.8 Å². The van der Waals surface area contributed by atoms with Crippen molar-refractivity contribution in [1.82, 2.24) is 5.32 Å². The third-order valence-electron chi connectivity index (χ3n) is 4.99. The van der Waals surface area contributed by atoms with Gasteiger partial charge in [-0.25, -0.2) is 0 Å². The summed E-state index contributed by atoms with van der Waals surface area (Å²) in [6, 6.07) is 0.438. The van der Waals surface area contributed by atoms with Crippen LogP contribution in [0.25, 0.3) is 0 Å². The van der Waals surface area contributed by atoms with Crippen molar-refractivity contribution >= 4 is 5.91 Å². The van der Waals surface area contributed by atoms with Crippen molar-refractivity contribution in [1.29, 1.82) is 0 Å². The molecular weight excluding hydrogens is 234 g/mol. The second kappa shape index (κ2) is 7.91. The average molecular weight is 265 g/mol. The van der Waals surface area contributed by atoms with Gasteiger partial charge in [0.1, 0.15) is 0 Å². The first-order valence-electron chi connectivity index (χ1n) is 8.59. The van der Waals surface area contributed by atoms with Crippen LogP contribution in [-0.2, 0) is 4.79 Å². The van der Waals surface area contributed by atoms with Gasteiger partial charge in [0.2, 0.25) is 5.91 Å². The van der Waals surface area contributed by atoms with Crippen LogP contribution < -0.4 is 5.32 Å². The summed E-state index contributed by atoms with van der Waals surface area (Å²) >= 11 is 0. The van der Waals surface area contributed by atoms with E-state index in [0.717, 1.165) is 31.1 Å². The van der Waals surface area contributed by atoms with E-state index < -0.39 is 0 Å². The highest BCUT2D eigenvalue weighted by Crippen LogP contribution is 2.45. The zero-order valence-corrected chi connectivity index (χ0v) is 12.6. The second-order valence-electron chi connectivity index (χ2n) is 6.68. The topological polar surface area (TPSA) is 29.1 Å². The summed E-state index contributed by atoms with van der Waals surface area (Å²) in [5, 5.41) is 3.25. The molecule has 1 aliphatic carbocycles. The van der Waals surface area contributed by atoms with Gasteiger partial charge in [-0.15, -0.1) is 0 Å². The van der Waals surface area contributed by atoms with Crippen LogP contribution in [0.5, 0.6) is 0 Å². The van der Waals surface area contributed by atoms with Crippen molar-refractivity contribution in [3.63, 3.8) is 0 Å². The lowest BCUT2D eigenvalue weighted by Crippen LogP contribution is -2.34. The Kier molecular flexibility index (Phi) is 6.19. The summed E-state index contributed by atoms with van der Waals surface area (Å²) < 4.78 is 0. The van der Waals surface area contributed by atoms with Gasteiger partial charge in [-0.05, 0) is 37.5 Å². The number of rotatable bonds is 1. The van der Waals surface area contributed by atoms with Gasteiger partial charge in [0.15, 0.2) is 0 Å². The minimum Gasteiger partial charge on any atom is -0.353 e. The summed E-state index contributed by atoms with van der Waals surface area (Å²) in [5.74, 6) is 2.19. The zero-order chi connectivity index (χ0) is 13.5. The average Bonchev–Trinajstić information content (AvgIpc) is 3.13. The molecule has 2 rings (SSSR count). The van der Waals surface area contributed by atoms with E-state index in [1.807, 2.05) is 0 Å². The standard InChI is InChI=1S/C17H31NO/c1-2-16-13-15-12-14(15)10-8-6-4-3-5-7-9-11-17(19)18-16/h14-16H,2-13H2,1H3,(H,18,19). The van der Waals surface area contributed by atoms with Gasteiger partial charge in [-0.3, -0.25) is 4.79 Å². The number of nitrogens with one attached hydrogen (secondary N) is 1. The zero-order valence-electron chi connectivity index (χ0n) is 12.6. The molecule has 1 aliphatic heterocycles. The quantitative estimate of drug-likeness (QED) is 0.746. The molecular formula is C17H31NO. The maximum absolute atomic E-state index is 11.9. The fourth-order valence-electron chi connectivity index (χ4n) is 3.52. The molecule has 1 N–H and O–H groups in total. The molecule has 0 bridgehead atoms. The lowest BCUT2D eigenvalue weighted by molar-refractivity contribution is -0.122. The van der Waals surface area contributed by atoms with Gasteiger partial charge >= 0.3 is 0 Å². The number of carbonyl (C=O) groups excluding carboxylic acids is 1. The van der Waals surface area contributed by atoms with Crippen molar-refractivity contribution in [3.05, 3.63) is 0 Å². The molecule has 2 heteroatoms. The lowest BCUT2D eigenvalue weighted by Gasteiger charge is -2.17. The number of fused-ring (bicyclic) bond motifs is 1. The fourth-order valence-corrected chi connectivity index (χ4v) is 3.52. The summed E-state index contributed by atoms with van der Waals surface area (Å²) in [4.78, 5) is 11.9. The van der Waals surface area contributed by atoms with E-state index in [-0.39, 0.29) is 0 Å². The molecule has 3 atom stereocenters. The van der Waals surface area contributed by atoms with Gasteiger partial charge in [-0.2, -0.15) is 0 Å². The van der Waals surface area contributed by atoms with Crippen LogP contribution in [0.15, 0.2) is 0 Å². The third-order valence-corrected chi connectivity index (χ3v) is 4.99. The number of carbonyl (C=O) groups is 1. The third kappa shape index (κ3) is 5.54. The Morgan fingerprint density at radius 1 is 0.947 bits per heavy atom. The van der Waals surface area contributed by atoms with Gasteiger partial charge < -0.3 is 5.32 Å². The van der Waals surface area contributed by atoms with Crippen molar-refractivity contribution in [2.24, 2.45) is 11.8 Å². The first-order chi connectivity index (χ1) is 9.29. The molecule has 0 aromatic rings.